The Bertz CT molecular complexity index is 456. The van der Waals surface area contributed by atoms with Gasteiger partial charge in [-0.05, 0) is 22.9 Å². The van der Waals surface area contributed by atoms with Crippen LogP contribution in [0, 0.1) is 10.1 Å². The van der Waals surface area contributed by atoms with Crippen LogP contribution < -0.4 is 0 Å². The fourth-order valence-corrected chi connectivity index (χ4v) is 1.68. The van der Waals surface area contributed by atoms with Crippen molar-refractivity contribution in [1.82, 2.24) is 0 Å². The summed E-state index contributed by atoms with van der Waals surface area (Å²) >= 11 is 3.05. The molecule has 0 aliphatic carbocycles. The molecule has 1 rings (SSSR count). The zero-order valence-corrected chi connectivity index (χ0v) is 9.28. The van der Waals surface area contributed by atoms with Gasteiger partial charge >= 0.3 is 0 Å². The molecule has 0 atom stereocenters. The lowest BCUT2D eigenvalue weighted by Gasteiger charge is -2.02. The average molecular weight is 272 g/mol. The van der Waals surface area contributed by atoms with E-state index < -0.39 is 4.92 Å². The van der Waals surface area contributed by atoms with Gasteiger partial charge in [0.1, 0.15) is 0 Å². The number of hydrogen-bond donors (Lipinski definition) is 0. The molecule has 1 aromatic rings. The third-order valence-electron chi connectivity index (χ3n) is 1.80. The molecule has 0 aromatic heterocycles. The molecule has 0 unspecified atom stereocenters. The number of Topliss-reactive ketones (excluding diaryl/α,β-unsaturated/α-hetero) is 1. The van der Waals surface area contributed by atoms with Gasteiger partial charge in [-0.15, -0.1) is 0 Å². The maximum absolute atomic E-state index is 11.1. The monoisotopic (exact) mass is 271 g/mol. The van der Waals surface area contributed by atoms with Gasteiger partial charge in [-0.1, -0.05) is 0 Å². The van der Waals surface area contributed by atoms with E-state index in [4.69, 9.17) is 0 Å². The first-order chi connectivity index (χ1) is 6.97. The predicted molar refractivity (Wildman–Crippen MR) is 56.2 cm³/mol. The largest absolute Gasteiger partial charge is 0.298 e. The molecule has 6 heteroatoms. The summed E-state index contributed by atoms with van der Waals surface area (Å²) in [5.41, 5.74) is -0.0498. The summed E-state index contributed by atoms with van der Waals surface area (Å²) < 4.78 is 0.288. The van der Waals surface area contributed by atoms with Gasteiger partial charge in [-0.25, -0.2) is 0 Å². The molecule has 5 nitrogen and oxygen atoms in total. The smallest absolute Gasteiger partial charge is 0.270 e. The number of nitro benzene ring substituents is 1. The molecule has 0 radical (unpaired) electrons. The van der Waals surface area contributed by atoms with E-state index in [0.717, 1.165) is 12.1 Å². The summed E-state index contributed by atoms with van der Waals surface area (Å²) in [5.74, 6) is -0.339. The van der Waals surface area contributed by atoms with Crippen molar-refractivity contribution < 1.29 is 14.5 Å². The molecular formula is C9H6BrNO4. The van der Waals surface area contributed by atoms with E-state index in [0.29, 0.717) is 6.29 Å². The SMILES string of the molecule is CC(=O)c1cc([N+](=O)[O-])cc(C=O)c1Br. The molecule has 0 fully saturated rings. The minimum atomic E-state index is -0.647. The normalized spacial score (nSPS) is 9.73. The van der Waals surface area contributed by atoms with Crippen LogP contribution in [0.15, 0.2) is 16.6 Å². The Balaban J connectivity index is 3.51. The Hall–Kier alpha value is -1.56. The lowest BCUT2D eigenvalue weighted by atomic mass is 10.1. The highest BCUT2D eigenvalue weighted by molar-refractivity contribution is 9.10. The number of benzene rings is 1. The van der Waals surface area contributed by atoms with E-state index in [2.05, 4.69) is 15.9 Å². The van der Waals surface area contributed by atoms with Gasteiger partial charge in [-0.2, -0.15) is 0 Å². The van der Waals surface area contributed by atoms with Gasteiger partial charge in [0.25, 0.3) is 5.69 Å². The lowest BCUT2D eigenvalue weighted by molar-refractivity contribution is -0.384. The number of nitro groups is 1. The number of ketones is 1. The quantitative estimate of drug-likeness (QED) is 0.366. The first-order valence-corrected chi connectivity index (χ1v) is 4.70. The number of aldehydes is 1. The van der Waals surface area contributed by atoms with E-state index in [1.807, 2.05) is 0 Å². The number of nitrogens with zero attached hydrogens (tertiary/aromatic N) is 1. The topological polar surface area (TPSA) is 77.3 Å². The summed E-state index contributed by atoms with van der Waals surface area (Å²) in [5, 5.41) is 10.5. The fourth-order valence-electron chi connectivity index (χ4n) is 1.08. The van der Waals surface area contributed by atoms with Crippen LogP contribution in [-0.4, -0.2) is 17.0 Å². The molecule has 0 aliphatic heterocycles. The first kappa shape index (κ1) is 11.5. The van der Waals surface area contributed by atoms with Crippen LogP contribution in [-0.2, 0) is 0 Å². The molecule has 0 N–H and O–H groups in total. The molecule has 0 saturated carbocycles. The molecule has 15 heavy (non-hydrogen) atoms. The third kappa shape index (κ3) is 2.27. The summed E-state index contributed by atoms with van der Waals surface area (Å²) in [4.78, 5) is 31.6. The zero-order chi connectivity index (χ0) is 11.6. The van der Waals surface area contributed by atoms with Crippen LogP contribution in [0.2, 0.25) is 0 Å². The summed E-state index contributed by atoms with van der Waals surface area (Å²) in [6.07, 6.45) is 0.462. The second-order valence-corrected chi connectivity index (χ2v) is 3.62. The second kappa shape index (κ2) is 4.31. The predicted octanol–water partition coefficient (Wildman–Crippen LogP) is 2.37. The Labute approximate surface area is 93.4 Å². The summed E-state index contributed by atoms with van der Waals surface area (Å²) in [7, 11) is 0. The maximum atomic E-state index is 11.1. The number of rotatable bonds is 3. The molecular weight excluding hydrogens is 266 g/mol. The van der Waals surface area contributed by atoms with E-state index in [9.17, 15) is 19.7 Å². The minimum Gasteiger partial charge on any atom is -0.298 e. The molecule has 0 bridgehead atoms. The van der Waals surface area contributed by atoms with Gasteiger partial charge in [-0.3, -0.25) is 19.7 Å². The van der Waals surface area contributed by atoms with E-state index >= 15 is 0 Å². The molecule has 0 saturated heterocycles. The molecule has 0 heterocycles. The van der Waals surface area contributed by atoms with Crippen molar-refractivity contribution in [2.75, 3.05) is 0 Å². The van der Waals surface area contributed by atoms with Gasteiger partial charge in [0.15, 0.2) is 12.1 Å². The number of non-ortho nitro benzene ring substituents is 1. The van der Waals surface area contributed by atoms with Crippen molar-refractivity contribution in [1.29, 1.82) is 0 Å². The molecule has 78 valence electrons. The van der Waals surface area contributed by atoms with Crippen LogP contribution in [0.3, 0.4) is 0 Å². The van der Waals surface area contributed by atoms with E-state index in [1.165, 1.54) is 6.92 Å². The van der Waals surface area contributed by atoms with Crippen molar-refractivity contribution >= 4 is 33.7 Å². The second-order valence-electron chi connectivity index (χ2n) is 2.83. The number of carbonyl (C=O) groups excluding carboxylic acids is 2. The minimum absolute atomic E-state index is 0.0920. The van der Waals surface area contributed by atoms with E-state index in [1.54, 1.807) is 0 Å². The Morgan fingerprint density at radius 2 is 2.13 bits per heavy atom. The van der Waals surface area contributed by atoms with Crippen LogP contribution >= 0.6 is 15.9 Å². The zero-order valence-electron chi connectivity index (χ0n) is 7.69. The van der Waals surface area contributed by atoms with Gasteiger partial charge in [0, 0.05) is 27.7 Å². The highest BCUT2D eigenvalue weighted by atomic mass is 79.9. The number of carbonyl (C=O) groups is 2. The van der Waals surface area contributed by atoms with Crippen molar-refractivity contribution in [3.8, 4) is 0 Å². The summed E-state index contributed by atoms with van der Waals surface area (Å²) in [6.45, 7) is 1.28. The van der Waals surface area contributed by atoms with Crippen molar-refractivity contribution in [2.45, 2.75) is 6.92 Å². The maximum Gasteiger partial charge on any atom is 0.270 e. The van der Waals surface area contributed by atoms with Crippen LogP contribution in [0.4, 0.5) is 5.69 Å². The highest BCUT2D eigenvalue weighted by Crippen LogP contribution is 2.26. The van der Waals surface area contributed by atoms with Gasteiger partial charge in [0.05, 0.1) is 4.92 Å². The van der Waals surface area contributed by atoms with Crippen LogP contribution in [0.1, 0.15) is 27.6 Å². The fraction of sp³-hybridized carbons (Fsp3) is 0.111. The number of hydrogen-bond acceptors (Lipinski definition) is 4. The lowest BCUT2D eigenvalue weighted by Crippen LogP contribution is -2.00. The third-order valence-corrected chi connectivity index (χ3v) is 2.69. The van der Waals surface area contributed by atoms with Gasteiger partial charge in [0.2, 0.25) is 0 Å². The summed E-state index contributed by atoms with van der Waals surface area (Å²) in [6, 6.07) is 2.25. The van der Waals surface area contributed by atoms with Crippen molar-refractivity contribution in [3.63, 3.8) is 0 Å². The average Bonchev–Trinajstić information content (AvgIpc) is 2.17. The molecule has 0 spiro atoms. The van der Waals surface area contributed by atoms with Crippen molar-refractivity contribution in [2.24, 2.45) is 0 Å². The Morgan fingerprint density at radius 3 is 2.53 bits per heavy atom. The highest BCUT2D eigenvalue weighted by Gasteiger charge is 2.16. The van der Waals surface area contributed by atoms with Crippen LogP contribution in [0.5, 0.6) is 0 Å². The van der Waals surface area contributed by atoms with Gasteiger partial charge < -0.3 is 0 Å². The molecule has 0 aliphatic rings. The first-order valence-electron chi connectivity index (χ1n) is 3.91. The Kier molecular flexibility index (Phi) is 3.31. The number of halogens is 1. The molecule has 0 amide bonds. The molecule has 1 aromatic carbocycles. The standard InChI is InChI=1S/C9H6BrNO4/c1-5(13)8-3-7(11(14)15)2-6(4-12)9(8)10/h2-4H,1H3. The van der Waals surface area contributed by atoms with E-state index in [-0.39, 0.29) is 27.1 Å². The Morgan fingerprint density at radius 1 is 1.53 bits per heavy atom. The van der Waals surface area contributed by atoms with Crippen LogP contribution in [0.25, 0.3) is 0 Å². The van der Waals surface area contributed by atoms with Crippen molar-refractivity contribution in [3.05, 3.63) is 37.8 Å².